The van der Waals surface area contributed by atoms with E-state index in [-0.39, 0.29) is 12.1 Å². The Bertz CT molecular complexity index is 202. The fourth-order valence-electron chi connectivity index (χ4n) is 3.08. The largest absolute Gasteiger partial charge is 0.328 e. The first kappa shape index (κ1) is 11.3. The summed E-state index contributed by atoms with van der Waals surface area (Å²) in [5.74, 6) is 0. The lowest BCUT2D eigenvalue weighted by Crippen LogP contribution is -2.52. The van der Waals surface area contributed by atoms with Crippen molar-refractivity contribution >= 4 is 0 Å². The first-order chi connectivity index (χ1) is 7.21. The molecule has 88 valence electrons. The van der Waals surface area contributed by atoms with Crippen molar-refractivity contribution in [3.63, 3.8) is 0 Å². The van der Waals surface area contributed by atoms with Crippen molar-refractivity contribution in [1.29, 1.82) is 0 Å². The molecule has 2 fully saturated rings. The van der Waals surface area contributed by atoms with Gasteiger partial charge >= 0.3 is 0 Å². The zero-order valence-corrected chi connectivity index (χ0v) is 9.47. The standard InChI is InChI=1S/C12H23FN2/c13-12(7-4-5-10(14)9-12)11-6-2-1-3-8-15-11/h10-11,15H,1-9,14H2. The molecule has 15 heavy (non-hydrogen) atoms. The van der Waals surface area contributed by atoms with E-state index >= 15 is 0 Å². The van der Waals surface area contributed by atoms with Gasteiger partial charge in [0.05, 0.1) is 0 Å². The van der Waals surface area contributed by atoms with E-state index in [1.54, 1.807) is 0 Å². The number of hydrogen-bond donors (Lipinski definition) is 2. The topological polar surface area (TPSA) is 38.0 Å². The quantitative estimate of drug-likeness (QED) is 0.701. The van der Waals surface area contributed by atoms with E-state index in [2.05, 4.69) is 5.32 Å². The fourth-order valence-corrected chi connectivity index (χ4v) is 3.08. The second-order valence-electron chi connectivity index (χ2n) is 5.25. The number of rotatable bonds is 1. The van der Waals surface area contributed by atoms with Gasteiger partial charge in [-0.05, 0) is 45.1 Å². The summed E-state index contributed by atoms with van der Waals surface area (Å²) in [5, 5.41) is 3.38. The van der Waals surface area contributed by atoms with Gasteiger partial charge in [-0.3, -0.25) is 0 Å². The molecule has 0 aromatic carbocycles. The van der Waals surface area contributed by atoms with Gasteiger partial charge in [-0.15, -0.1) is 0 Å². The van der Waals surface area contributed by atoms with Crippen molar-refractivity contribution in [2.75, 3.05) is 6.54 Å². The molecule has 1 saturated carbocycles. The maximum Gasteiger partial charge on any atom is 0.127 e. The molecule has 0 radical (unpaired) electrons. The number of nitrogens with two attached hydrogens (primary N) is 1. The average molecular weight is 214 g/mol. The lowest BCUT2D eigenvalue weighted by Gasteiger charge is -2.39. The van der Waals surface area contributed by atoms with E-state index in [1.807, 2.05) is 0 Å². The highest BCUT2D eigenvalue weighted by molar-refractivity contribution is 4.98. The Morgan fingerprint density at radius 1 is 1.13 bits per heavy atom. The van der Waals surface area contributed by atoms with E-state index in [4.69, 9.17) is 5.73 Å². The van der Waals surface area contributed by atoms with Gasteiger partial charge in [0.25, 0.3) is 0 Å². The highest BCUT2D eigenvalue weighted by atomic mass is 19.1. The molecule has 1 heterocycles. The highest BCUT2D eigenvalue weighted by Crippen LogP contribution is 2.36. The highest BCUT2D eigenvalue weighted by Gasteiger charge is 2.42. The number of alkyl halides is 1. The van der Waals surface area contributed by atoms with Crippen molar-refractivity contribution in [3.05, 3.63) is 0 Å². The van der Waals surface area contributed by atoms with Gasteiger partial charge in [0, 0.05) is 12.1 Å². The molecule has 0 aromatic rings. The molecule has 3 atom stereocenters. The van der Waals surface area contributed by atoms with Gasteiger partial charge in [-0.1, -0.05) is 12.8 Å². The van der Waals surface area contributed by atoms with Crippen LogP contribution in [0.3, 0.4) is 0 Å². The summed E-state index contributed by atoms with van der Waals surface area (Å²) in [6.07, 6.45) is 7.81. The monoisotopic (exact) mass is 214 g/mol. The van der Waals surface area contributed by atoms with Crippen LogP contribution >= 0.6 is 0 Å². The molecule has 3 heteroatoms. The van der Waals surface area contributed by atoms with Crippen molar-refractivity contribution in [2.24, 2.45) is 5.73 Å². The van der Waals surface area contributed by atoms with Crippen molar-refractivity contribution in [3.8, 4) is 0 Å². The third-order valence-electron chi connectivity index (χ3n) is 3.95. The molecule has 0 spiro atoms. The molecule has 3 N–H and O–H groups in total. The lowest BCUT2D eigenvalue weighted by atomic mass is 9.77. The van der Waals surface area contributed by atoms with Gasteiger partial charge in [-0.2, -0.15) is 0 Å². The summed E-state index contributed by atoms with van der Waals surface area (Å²) >= 11 is 0. The van der Waals surface area contributed by atoms with Crippen LogP contribution in [-0.4, -0.2) is 24.3 Å². The van der Waals surface area contributed by atoms with Crippen LogP contribution in [0.25, 0.3) is 0 Å². The molecule has 3 unspecified atom stereocenters. The lowest BCUT2D eigenvalue weighted by molar-refractivity contribution is 0.0497. The van der Waals surface area contributed by atoms with E-state index < -0.39 is 5.67 Å². The summed E-state index contributed by atoms with van der Waals surface area (Å²) in [6.45, 7) is 0.978. The minimum atomic E-state index is -1.03. The predicted octanol–water partition coefficient (Wildman–Crippen LogP) is 2.13. The van der Waals surface area contributed by atoms with Crippen molar-refractivity contribution in [2.45, 2.75) is 69.1 Å². The van der Waals surface area contributed by atoms with Gasteiger partial charge in [0.15, 0.2) is 0 Å². The molecule has 1 aliphatic carbocycles. The molecule has 0 aromatic heterocycles. The molecule has 1 saturated heterocycles. The summed E-state index contributed by atoms with van der Waals surface area (Å²) < 4.78 is 14.7. The minimum absolute atomic E-state index is 0.0614. The Labute approximate surface area is 91.8 Å². The maximum absolute atomic E-state index is 14.7. The molecule has 0 amide bonds. The van der Waals surface area contributed by atoms with Crippen LogP contribution in [0.5, 0.6) is 0 Å². The Morgan fingerprint density at radius 2 is 2.00 bits per heavy atom. The van der Waals surface area contributed by atoms with Crippen LogP contribution in [0.1, 0.15) is 51.4 Å². The Hall–Kier alpha value is -0.150. The average Bonchev–Trinajstić information content (AvgIpc) is 2.45. The van der Waals surface area contributed by atoms with Crippen LogP contribution in [0.15, 0.2) is 0 Å². The van der Waals surface area contributed by atoms with E-state index in [0.29, 0.717) is 12.8 Å². The summed E-state index contributed by atoms with van der Waals surface area (Å²) in [5.41, 5.74) is 4.86. The molecule has 0 bridgehead atoms. The molecular weight excluding hydrogens is 191 g/mol. The zero-order chi connectivity index (χ0) is 10.7. The predicted molar refractivity (Wildman–Crippen MR) is 60.5 cm³/mol. The number of halogens is 1. The summed E-state index contributed by atoms with van der Waals surface area (Å²) in [7, 11) is 0. The normalized spacial score (nSPS) is 43.6. The van der Waals surface area contributed by atoms with Gasteiger partial charge in [-0.25, -0.2) is 4.39 Å². The van der Waals surface area contributed by atoms with Crippen molar-refractivity contribution in [1.82, 2.24) is 5.32 Å². The zero-order valence-electron chi connectivity index (χ0n) is 9.47. The van der Waals surface area contributed by atoms with Crippen LogP contribution < -0.4 is 11.1 Å². The summed E-state index contributed by atoms with van der Waals surface area (Å²) in [6, 6.07) is 0.139. The number of nitrogens with one attached hydrogen (secondary N) is 1. The van der Waals surface area contributed by atoms with Crippen LogP contribution in [-0.2, 0) is 0 Å². The maximum atomic E-state index is 14.7. The third kappa shape index (κ3) is 2.70. The van der Waals surface area contributed by atoms with E-state index in [1.165, 1.54) is 19.3 Å². The van der Waals surface area contributed by atoms with Crippen LogP contribution in [0, 0.1) is 0 Å². The second-order valence-corrected chi connectivity index (χ2v) is 5.25. The first-order valence-corrected chi connectivity index (χ1v) is 6.39. The fraction of sp³-hybridized carbons (Fsp3) is 1.00. The minimum Gasteiger partial charge on any atom is -0.328 e. The van der Waals surface area contributed by atoms with Crippen molar-refractivity contribution < 1.29 is 4.39 Å². The first-order valence-electron chi connectivity index (χ1n) is 6.39. The molecule has 2 aliphatic rings. The Morgan fingerprint density at radius 3 is 2.80 bits per heavy atom. The van der Waals surface area contributed by atoms with Gasteiger partial charge < -0.3 is 11.1 Å². The van der Waals surface area contributed by atoms with Crippen LogP contribution in [0.4, 0.5) is 4.39 Å². The third-order valence-corrected chi connectivity index (χ3v) is 3.95. The van der Waals surface area contributed by atoms with E-state index in [9.17, 15) is 4.39 Å². The Kier molecular flexibility index (Phi) is 3.62. The van der Waals surface area contributed by atoms with Crippen LogP contribution in [0.2, 0.25) is 0 Å². The molecular formula is C12H23FN2. The smallest absolute Gasteiger partial charge is 0.127 e. The second kappa shape index (κ2) is 4.79. The van der Waals surface area contributed by atoms with E-state index in [0.717, 1.165) is 25.8 Å². The molecule has 2 nitrogen and oxygen atoms in total. The molecule has 2 rings (SSSR count). The number of hydrogen-bond acceptors (Lipinski definition) is 2. The summed E-state index contributed by atoms with van der Waals surface area (Å²) in [4.78, 5) is 0. The SMILES string of the molecule is NC1CCCC(F)(C2CCCCCN2)C1. The Balaban J connectivity index is 1.98. The van der Waals surface area contributed by atoms with Gasteiger partial charge in [0.1, 0.15) is 5.67 Å². The molecule has 1 aliphatic heterocycles. The van der Waals surface area contributed by atoms with Gasteiger partial charge in [0.2, 0.25) is 0 Å².